The summed E-state index contributed by atoms with van der Waals surface area (Å²) < 4.78 is 6.22. The highest BCUT2D eigenvalue weighted by molar-refractivity contribution is 9.10. The number of benzene rings is 2. The molecule has 1 aliphatic rings. The summed E-state index contributed by atoms with van der Waals surface area (Å²) in [6.07, 6.45) is 0.727. The van der Waals surface area contributed by atoms with Gasteiger partial charge < -0.3 is 19.6 Å². The third-order valence-corrected chi connectivity index (χ3v) is 6.13. The number of urea groups is 1. The maximum absolute atomic E-state index is 12.6. The minimum Gasteiger partial charge on any atom is -0.368 e. The van der Waals surface area contributed by atoms with Crippen LogP contribution >= 0.6 is 15.9 Å². The second-order valence-electron chi connectivity index (χ2n) is 7.28. The first-order valence-corrected chi connectivity index (χ1v) is 10.8. The van der Waals surface area contributed by atoms with Crippen LogP contribution in [-0.4, -0.2) is 47.3 Å². The first kappa shape index (κ1) is 20.4. The van der Waals surface area contributed by atoms with Gasteiger partial charge in [0.2, 0.25) is 11.7 Å². The highest BCUT2D eigenvalue weighted by Gasteiger charge is 2.21. The van der Waals surface area contributed by atoms with Crippen molar-refractivity contribution in [2.75, 3.05) is 36.4 Å². The molecular weight excluding hydrogens is 446 g/mol. The molecular formula is C22H24BrN5O2. The molecule has 3 aromatic rings. The van der Waals surface area contributed by atoms with E-state index in [1.165, 1.54) is 0 Å². The summed E-state index contributed by atoms with van der Waals surface area (Å²) in [7, 11) is 0. The zero-order chi connectivity index (χ0) is 21.1. The fraction of sp³-hybridized carbons (Fsp3) is 0.318. The Balaban J connectivity index is 1.33. The molecule has 1 N–H and O–H groups in total. The average Bonchev–Trinajstić information content (AvgIpc) is 3.26. The third kappa shape index (κ3) is 4.48. The van der Waals surface area contributed by atoms with Gasteiger partial charge in [0.1, 0.15) is 0 Å². The predicted octanol–water partition coefficient (Wildman–Crippen LogP) is 4.72. The Morgan fingerprint density at radius 3 is 2.50 bits per heavy atom. The van der Waals surface area contributed by atoms with E-state index in [4.69, 9.17) is 4.52 Å². The van der Waals surface area contributed by atoms with Crippen molar-refractivity contribution in [2.24, 2.45) is 0 Å². The molecule has 4 rings (SSSR count). The predicted molar refractivity (Wildman–Crippen MR) is 121 cm³/mol. The van der Waals surface area contributed by atoms with E-state index in [1.54, 1.807) is 0 Å². The van der Waals surface area contributed by atoms with Crippen molar-refractivity contribution in [2.45, 2.75) is 20.3 Å². The van der Waals surface area contributed by atoms with E-state index in [1.807, 2.05) is 49.1 Å². The number of rotatable bonds is 4. The van der Waals surface area contributed by atoms with Gasteiger partial charge in [-0.1, -0.05) is 28.0 Å². The molecule has 1 fully saturated rings. The van der Waals surface area contributed by atoms with Gasteiger partial charge >= 0.3 is 6.03 Å². The maximum Gasteiger partial charge on any atom is 0.321 e. The van der Waals surface area contributed by atoms with E-state index >= 15 is 0 Å². The van der Waals surface area contributed by atoms with Gasteiger partial charge in [-0.25, -0.2) is 4.79 Å². The first-order chi connectivity index (χ1) is 14.5. The van der Waals surface area contributed by atoms with Crippen molar-refractivity contribution >= 4 is 33.3 Å². The minimum absolute atomic E-state index is 0.0597. The lowest BCUT2D eigenvalue weighted by Gasteiger charge is -2.36. The summed E-state index contributed by atoms with van der Waals surface area (Å²) in [5, 5.41) is 7.01. The van der Waals surface area contributed by atoms with E-state index in [9.17, 15) is 4.79 Å². The van der Waals surface area contributed by atoms with Crippen LogP contribution in [0.15, 0.2) is 51.5 Å². The van der Waals surface area contributed by atoms with Gasteiger partial charge in [-0.3, -0.25) is 0 Å². The Bertz CT molecular complexity index is 1030. The van der Waals surface area contributed by atoms with Crippen molar-refractivity contribution in [1.29, 1.82) is 0 Å². The molecule has 0 saturated carbocycles. The van der Waals surface area contributed by atoms with Gasteiger partial charge in [0.15, 0.2) is 0 Å². The fourth-order valence-corrected chi connectivity index (χ4v) is 3.68. The molecule has 2 heterocycles. The molecule has 1 aliphatic heterocycles. The number of halogens is 1. The van der Waals surface area contributed by atoms with E-state index in [0.717, 1.165) is 46.5 Å². The van der Waals surface area contributed by atoms with Crippen molar-refractivity contribution in [3.63, 3.8) is 0 Å². The number of carbonyl (C=O) groups is 1. The molecule has 0 aliphatic carbocycles. The molecule has 2 aromatic carbocycles. The van der Waals surface area contributed by atoms with E-state index in [0.29, 0.717) is 24.8 Å². The number of carbonyl (C=O) groups excluding carboxylic acids is 1. The Morgan fingerprint density at radius 2 is 1.87 bits per heavy atom. The molecule has 30 heavy (non-hydrogen) atoms. The summed E-state index contributed by atoms with van der Waals surface area (Å²) in [6, 6.07) is 13.9. The number of hydrogen-bond donors (Lipinski definition) is 1. The standard InChI is InChI=1S/C22H24BrN5O2/c1-3-20-25-21(26-30-20)16-4-7-18(8-5-16)27-10-12-28(13-11-27)22(29)24-17-6-9-19(23)15(2)14-17/h4-9,14H,3,10-13H2,1-2H3,(H,24,29). The van der Waals surface area contributed by atoms with Crippen LogP contribution in [0, 0.1) is 6.92 Å². The van der Waals surface area contributed by atoms with E-state index < -0.39 is 0 Å². The normalized spacial score (nSPS) is 14.1. The monoisotopic (exact) mass is 469 g/mol. The molecule has 0 radical (unpaired) electrons. The average molecular weight is 470 g/mol. The fourth-order valence-electron chi connectivity index (χ4n) is 3.43. The molecule has 7 nitrogen and oxygen atoms in total. The van der Waals surface area contributed by atoms with Gasteiger partial charge in [-0.15, -0.1) is 0 Å². The molecule has 156 valence electrons. The molecule has 1 aromatic heterocycles. The number of aromatic nitrogens is 2. The van der Waals surface area contributed by atoms with Crippen LogP contribution in [0.5, 0.6) is 0 Å². The van der Waals surface area contributed by atoms with Gasteiger partial charge in [0, 0.05) is 54.0 Å². The zero-order valence-electron chi connectivity index (χ0n) is 17.1. The Kier molecular flexibility index (Phi) is 6.03. The number of nitrogens with zero attached hydrogens (tertiary/aromatic N) is 4. The van der Waals surface area contributed by atoms with Crippen LogP contribution < -0.4 is 10.2 Å². The number of piperazine rings is 1. The summed E-state index contributed by atoms with van der Waals surface area (Å²) in [4.78, 5) is 21.1. The number of nitrogens with one attached hydrogen (secondary N) is 1. The molecule has 0 spiro atoms. The molecule has 1 saturated heterocycles. The Morgan fingerprint density at radius 1 is 1.13 bits per heavy atom. The highest BCUT2D eigenvalue weighted by atomic mass is 79.9. The summed E-state index contributed by atoms with van der Waals surface area (Å²) in [5.74, 6) is 1.25. The number of amides is 2. The third-order valence-electron chi connectivity index (χ3n) is 5.24. The van der Waals surface area contributed by atoms with Crippen LogP contribution in [0.4, 0.5) is 16.2 Å². The van der Waals surface area contributed by atoms with Crippen molar-refractivity contribution in [1.82, 2.24) is 15.0 Å². The number of aryl methyl sites for hydroxylation is 2. The molecule has 2 amide bonds. The van der Waals surface area contributed by atoms with Crippen LogP contribution in [0.3, 0.4) is 0 Å². The van der Waals surface area contributed by atoms with Crippen LogP contribution in [-0.2, 0) is 6.42 Å². The quantitative estimate of drug-likeness (QED) is 0.597. The number of anilines is 2. The summed E-state index contributed by atoms with van der Waals surface area (Å²) in [6.45, 7) is 6.91. The lowest BCUT2D eigenvalue weighted by Crippen LogP contribution is -2.50. The van der Waals surface area contributed by atoms with Crippen LogP contribution in [0.1, 0.15) is 18.4 Å². The van der Waals surface area contributed by atoms with E-state index in [-0.39, 0.29) is 6.03 Å². The molecule has 0 atom stereocenters. The molecule has 0 unspecified atom stereocenters. The molecule has 8 heteroatoms. The van der Waals surface area contributed by atoms with Gasteiger partial charge in [-0.05, 0) is 55.0 Å². The Labute approximate surface area is 184 Å². The summed E-state index contributed by atoms with van der Waals surface area (Å²) >= 11 is 3.48. The minimum atomic E-state index is -0.0597. The van der Waals surface area contributed by atoms with Crippen LogP contribution in [0.2, 0.25) is 0 Å². The highest BCUT2D eigenvalue weighted by Crippen LogP contribution is 2.23. The maximum atomic E-state index is 12.6. The SMILES string of the molecule is CCc1nc(-c2ccc(N3CCN(C(=O)Nc4ccc(Br)c(C)c4)CC3)cc2)no1. The van der Waals surface area contributed by atoms with Gasteiger partial charge in [0.05, 0.1) is 0 Å². The Hall–Kier alpha value is -2.87. The zero-order valence-corrected chi connectivity index (χ0v) is 18.6. The van der Waals surface area contributed by atoms with Crippen molar-refractivity contribution < 1.29 is 9.32 Å². The number of hydrogen-bond acceptors (Lipinski definition) is 5. The van der Waals surface area contributed by atoms with E-state index in [2.05, 4.69) is 48.4 Å². The smallest absolute Gasteiger partial charge is 0.321 e. The molecule has 0 bridgehead atoms. The second-order valence-corrected chi connectivity index (χ2v) is 8.13. The first-order valence-electron chi connectivity index (χ1n) is 10.0. The summed E-state index contributed by atoms with van der Waals surface area (Å²) in [5.41, 5.74) is 3.96. The topological polar surface area (TPSA) is 74.5 Å². The van der Waals surface area contributed by atoms with Crippen molar-refractivity contribution in [3.8, 4) is 11.4 Å². The lowest BCUT2D eigenvalue weighted by molar-refractivity contribution is 0.208. The van der Waals surface area contributed by atoms with Crippen LogP contribution in [0.25, 0.3) is 11.4 Å². The second kappa shape index (κ2) is 8.87. The van der Waals surface area contributed by atoms with Gasteiger partial charge in [0.25, 0.3) is 0 Å². The largest absolute Gasteiger partial charge is 0.368 e. The van der Waals surface area contributed by atoms with Gasteiger partial charge in [-0.2, -0.15) is 4.98 Å². The van der Waals surface area contributed by atoms with Crippen molar-refractivity contribution in [3.05, 3.63) is 58.4 Å². The lowest BCUT2D eigenvalue weighted by atomic mass is 10.1.